The van der Waals surface area contributed by atoms with Gasteiger partial charge in [0, 0.05) is 29.1 Å². The van der Waals surface area contributed by atoms with Crippen molar-refractivity contribution in [1.29, 1.82) is 0 Å². The minimum Gasteiger partial charge on any atom is -0.494 e. The van der Waals surface area contributed by atoms with Gasteiger partial charge in [-0.15, -0.1) is 11.3 Å². The van der Waals surface area contributed by atoms with Gasteiger partial charge < -0.3 is 5.11 Å². The van der Waals surface area contributed by atoms with Crippen molar-refractivity contribution in [1.82, 2.24) is 9.97 Å². The molecule has 2 heterocycles. The molecule has 0 saturated heterocycles. The Morgan fingerprint density at radius 1 is 1.40 bits per heavy atom. The third-order valence-electron chi connectivity index (χ3n) is 2.37. The highest BCUT2D eigenvalue weighted by Gasteiger charge is 2.04. The van der Waals surface area contributed by atoms with Crippen molar-refractivity contribution in [2.45, 2.75) is 5.75 Å². The van der Waals surface area contributed by atoms with Crippen molar-refractivity contribution in [3.8, 4) is 5.88 Å². The zero-order valence-corrected chi connectivity index (χ0v) is 12.1. The van der Waals surface area contributed by atoms with Gasteiger partial charge in [-0.25, -0.2) is 4.79 Å². The van der Waals surface area contributed by atoms with E-state index in [1.54, 1.807) is 23.1 Å². The lowest BCUT2D eigenvalue weighted by Gasteiger charge is -1.97. The summed E-state index contributed by atoms with van der Waals surface area (Å²) in [7, 11) is 0. The normalized spacial score (nSPS) is 11.2. The lowest BCUT2D eigenvalue weighted by molar-refractivity contribution is 0.447. The van der Waals surface area contributed by atoms with Crippen LogP contribution in [0.25, 0.3) is 0 Å². The van der Waals surface area contributed by atoms with Crippen LogP contribution >= 0.6 is 23.1 Å². The number of aromatic nitrogens is 2. The number of thioether (sulfide) groups is 1. The largest absolute Gasteiger partial charge is 0.494 e. The van der Waals surface area contributed by atoms with Crippen LogP contribution in [0.4, 0.5) is 0 Å². The predicted molar refractivity (Wildman–Crippen MR) is 82.3 cm³/mol. The lowest BCUT2D eigenvalue weighted by atomic mass is 10.3. The van der Waals surface area contributed by atoms with Crippen molar-refractivity contribution in [2.24, 2.45) is 4.99 Å². The molecule has 0 aliphatic rings. The van der Waals surface area contributed by atoms with Crippen molar-refractivity contribution in [3.05, 3.63) is 48.8 Å². The number of H-pyrrole nitrogens is 2. The molecule has 0 unspecified atom stereocenters. The number of nitrogens with one attached hydrogen (secondary N) is 2. The number of nitrogens with zero attached hydrogens (tertiary/aromatic N) is 1. The van der Waals surface area contributed by atoms with Crippen LogP contribution in [-0.2, 0) is 5.75 Å². The minimum absolute atomic E-state index is 0.0344. The number of rotatable bonds is 6. The summed E-state index contributed by atoms with van der Waals surface area (Å²) in [4.78, 5) is 31.8. The molecule has 20 heavy (non-hydrogen) atoms. The number of hydrogen-bond acceptors (Lipinski definition) is 6. The first-order valence-corrected chi connectivity index (χ1v) is 7.86. The number of aromatic hydroxyl groups is 1. The molecule has 2 aromatic rings. The van der Waals surface area contributed by atoms with Crippen molar-refractivity contribution >= 4 is 29.3 Å². The van der Waals surface area contributed by atoms with Crippen LogP contribution in [0, 0.1) is 0 Å². The maximum Gasteiger partial charge on any atom is 0.328 e. The average Bonchev–Trinajstić information content (AvgIpc) is 2.89. The molecule has 0 radical (unpaired) electrons. The number of thiophene rings is 1. The zero-order chi connectivity index (χ0) is 14.4. The van der Waals surface area contributed by atoms with E-state index in [-0.39, 0.29) is 5.56 Å². The minimum atomic E-state index is -0.740. The van der Waals surface area contributed by atoms with Crippen molar-refractivity contribution in [3.63, 3.8) is 0 Å². The molecule has 0 amide bonds. The number of hydrogen-bond donors (Lipinski definition) is 3. The van der Waals surface area contributed by atoms with Gasteiger partial charge in [0.25, 0.3) is 5.56 Å². The van der Waals surface area contributed by atoms with Gasteiger partial charge in [-0.1, -0.05) is 6.07 Å². The van der Waals surface area contributed by atoms with E-state index in [4.69, 9.17) is 0 Å². The van der Waals surface area contributed by atoms with Gasteiger partial charge in [0.15, 0.2) is 0 Å². The first-order chi connectivity index (χ1) is 9.66. The molecular weight excluding hydrogens is 298 g/mol. The van der Waals surface area contributed by atoms with Crippen LogP contribution in [0.1, 0.15) is 10.4 Å². The molecular formula is C12H13N3O3S2. The molecule has 0 aliphatic heterocycles. The standard InChI is InChI=1S/C12H13N3O3S2/c16-10-9(11(17)15-12(18)14-10)6-13-3-5-19-7-8-2-1-4-20-8/h1-2,4,6H,3,5,7H2,(H3,14,15,16,17,18). The van der Waals surface area contributed by atoms with E-state index in [0.717, 1.165) is 11.5 Å². The van der Waals surface area contributed by atoms with Gasteiger partial charge in [-0.2, -0.15) is 11.8 Å². The van der Waals surface area contributed by atoms with Gasteiger partial charge >= 0.3 is 5.69 Å². The van der Waals surface area contributed by atoms with Crippen LogP contribution in [0.3, 0.4) is 0 Å². The molecule has 6 nitrogen and oxygen atoms in total. The molecule has 2 aromatic heterocycles. The smallest absolute Gasteiger partial charge is 0.328 e. The monoisotopic (exact) mass is 311 g/mol. The van der Waals surface area contributed by atoms with Gasteiger partial charge in [-0.05, 0) is 11.4 Å². The SMILES string of the molecule is O=c1[nH]c(O)c(C=NCCSCc2cccs2)c(=O)[nH]1. The summed E-state index contributed by atoms with van der Waals surface area (Å²) in [6, 6.07) is 4.10. The summed E-state index contributed by atoms with van der Waals surface area (Å²) in [6.07, 6.45) is 1.27. The van der Waals surface area contributed by atoms with E-state index in [9.17, 15) is 14.7 Å². The fourth-order valence-electron chi connectivity index (χ4n) is 1.44. The van der Waals surface area contributed by atoms with E-state index in [0.29, 0.717) is 6.54 Å². The Bertz CT molecular complexity index is 689. The molecule has 0 atom stereocenters. The summed E-state index contributed by atoms with van der Waals surface area (Å²) < 4.78 is 0. The summed E-state index contributed by atoms with van der Waals surface area (Å²) in [5, 5.41) is 11.5. The number of aromatic amines is 2. The molecule has 0 saturated carbocycles. The summed E-state index contributed by atoms with van der Waals surface area (Å²) >= 11 is 3.46. The highest BCUT2D eigenvalue weighted by molar-refractivity contribution is 7.98. The van der Waals surface area contributed by atoms with Gasteiger partial charge in [0.1, 0.15) is 5.56 Å². The molecule has 106 valence electrons. The molecule has 3 N–H and O–H groups in total. The van der Waals surface area contributed by atoms with Gasteiger partial charge in [-0.3, -0.25) is 19.8 Å². The second-order valence-corrected chi connectivity index (χ2v) is 5.98. The summed E-state index contributed by atoms with van der Waals surface area (Å²) in [6.45, 7) is 0.536. The molecule has 2 rings (SSSR count). The van der Waals surface area contributed by atoms with Crippen LogP contribution in [0.2, 0.25) is 0 Å². The summed E-state index contributed by atoms with van der Waals surface area (Å²) in [5.41, 5.74) is -1.43. The van der Waals surface area contributed by atoms with Crippen LogP contribution in [0.5, 0.6) is 5.88 Å². The molecule has 0 fully saturated rings. The van der Waals surface area contributed by atoms with E-state index >= 15 is 0 Å². The number of aliphatic imine (C=N–C) groups is 1. The third kappa shape index (κ3) is 4.10. The highest BCUT2D eigenvalue weighted by atomic mass is 32.2. The zero-order valence-electron chi connectivity index (χ0n) is 10.5. The van der Waals surface area contributed by atoms with E-state index in [2.05, 4.69) is 16.0 Å². The van der Waals surface area contributed by atoms with Gasteiger partial charge in [0.05, 0.1) is 0 Å². The fraction of sp³-hybridized carbons (Fsp3) is 0.250. The Morgan fingerprint density at radius 3 is 2.95 bits per heavy atom. The second kappa shape index (κ2) is 7.11. The molecule has 8 heteroatoms. The summed E-state index contributed by atoms with van der Waals surface area (Å²) in [5.74, 6) is 1.29. The molecule has 0 aromatic carbocycles. The average molecular weight is 311 g/mol. The predicted octanol–water partition coefficient (Wildman–Crippen LogP) is 1.18. The first kappa shape index (κ1) is 14.6. The Labute approximate surface area is 122 Å². The lowest BCUT2D eigenvalue weighted by Crippen LogP contribution is -2.24. The van der Waals surface area contributed by atoms with Crippen LogP contribution < -0.4 is 11.2 Å². The highest BCUT2D eigenvalue weighted by Crippen LogP contribution is 2.16. The van der Waals surface area contributed by atoms with Crippen molar-refractivity contribution in [2.75, 3.05) is 12.3 Å². The quantitative estimate of drug-likeness (QED) is 0.551. The Balaban J connectivity index is 1.82. The second-order valence-electron chi connectivity index (χ2n) is 3.84. The topological polar surface area (TPSA) is 98.3 Å². The van der Waals surface area contributed by atoms with Gasteiger partial charge in [0.2, 0.25) is 5.88 Å². The van der Waals surface area contributed by atoms with Crippen molar-refractivity contribution < 1.29 is 5.11 Å². The van der Waals surface area contributed by atoms with E-state index in [1.807, 2.05) is 16.4 Å². The van der Waals surface area contributed by atoms with E-state index < -0.39 is 17.1 Å². The molecule has 0 aliphatic carbocycles. The Morgan fingerprint density at radius 2 is 2.25 bits per heavy atom. The maximum absolute atomic E-state index is 11.4. The fourth-order valence-corrected chi connectivity index (χ4v) is 3.13. The van der Waals surface area contributed by atoms with Crippen LogP contribution in [-0.4, -0.2) is 33.6 Å². The molecule has 0 bridgehead atoms. The van der Waals surface area contributed by atoms with Crippen LogP contribution in [0.15, 0.2) is 32.1 Å². The first-order valence-electron chi connectivity index (χ1n) is 5.82. The third-order valence-corrected chi connectivity index (χ3v) is 4.41. The Hall–Kier alpha value is -1.80. The molecule has 0 spiro atoms. The maximum atomic E-state index is 11.4. The Kier molecular flexibility index (Phi) is 5.19. The van der Waals surface area contributed by atoms with E-state index in [1.165, 1.54) is 11.1 Å².